The van der Waals surface area contributed by atoms with E-state index in [1.807, 2.05) is 34.4 Å². The molecule has 1 aliphatic carbocycles. The van der Waals surface area contributed by atoms with Crippen molar-refractivity contribution in [2.75, 3.05) is 9.80 Å². The van der Waals surface area contributed by atoms with Gasteiger partial charge in [0, 0.05) is 47.4 Å². The molecular formula is C57H35N3S3. The molecule has 14 rings (SSSR count). The lowest BCUT2D eigenvalue weighted by Crippen LogP contribution is -2.35. The first kappa shape index (κ1) is 35.5. The molecule has 5 heterocycles. The first-order valence-electron chi connectivity index (χ1n) is 21.3. The Labute approximate surface area is 377 Å². The van der Waals surface area contributed by atoms with Crippen LogP contribution in [0.1, 0.15) is 22.3 Å². The van der Waals surface area contributed by atoms with E-state index in [0.717, 1.165) is 17.1 Å². The Morgan fingerprint density at radius 2 is 1.02 bits per heavy atom. The Balaban J connectivity index is 1.04. The SMILES string of the molecule is c1ccc(N2c3ccccc3Sc3c(-c4cccc(N5c6ccccc6C6(c7cc8c9ccccc9n(-c9ccccc9)c8cc75)c5ccsc5-c5sccc56)c4)cccc32)cc1. The van der Waals surface area contributed by atoms with Gasteiger partial charge in [0.25, 0.3) is 0 Å². The molecule has 296 valence electrons. The fourth-order valence-electron chi connectivity index (χ4n) is 10.8. The van der Waals surface area contributed by atoms with Crippen LogP contribution < -0.4 is 9.80 Å². The summed E-state index contributed by atoms with van der Waals surface area (Å²) in [5.41, 5.74) is 18.0. The van der Waals surface area contributed by atoms with Gasteiger partial charge in [-0.3, -0.25) is 0 Å². The van der Waals surface area contributed by atoms with E-state index in [4.69, 9.17) is 0 Å². The molecular weight excluding hydrogens is 823 g/mol. The van der Waals surface area contributed by atoms with Gasteiger partial charge < -0.3 is 14.4 Å². The van der Waals surface area contributed by atoms with Gasteiger partial charge >= 0.3 is 0 Å². The van der Waals surface area contributed by atoms with Crippen LogP contribution in [0, 0.1) is 0 Å². The van der Waals surface area contributed by atoms with E-state index in [1.54, 1.807) is 0 Å². The Kier molecular flexibility index (Phi) is 7.58. The third-order valence-corrected chi connectivity index (χ3v) is 16.5. The van der Waals surface area contributed by atoms with E-state index in [9.17, 15) is 0 Å². The van der Waals surface area contributed by atoms with Gasteiger partial charge in [0.2, 0.25) is 0 Å². The maximum Gasteiger partial charge on any atom is 0.0771 e. The topological polar surface area (TPSA) is 11.4 Å². The maximum atomic E-state index is 2.55. The van der Waals surface area contributed by atoms with E-state index in [-0.39, 0.29) is 0 Å². The van der Waals surface area contributed by atoms with Crippen molar-refractivity contribution in [3.63, 3.8) is 0 Å². The molecule has 0 radical (unpaired) electrons. The van der Waals surface area contributed by atoms with E-state index in [1.165, 1.54) is 97.5 Å². The van der Waals surface area contributed by atoms with Crippen molar-refractivity contribution in [2.24, 2.45) is 0 Å². The van der Waals surface area contributed by atoms with Crippen molar-refractivity contribution in [3.8, 4) is 26.6 Å². The lowest BCUT2D eigenvalue weighted by Gasteiger charge is -2.44. The van der Waals surface area contributed by atoms with Crippen molar-refractivity contribution >= 4 is 90.4 Å². The third-order valence-electron chi connectivity index (χ3n) is 13.3. The first-order valence-corrected chi connectivity index (χ1v) is 23.9. The van der Waals surface area contributed by atoms with Crippen LogP contribution in [0.25, 0.3) is 48.4 Å². The number of anilines is 6. The zero-order valence-corrected chi connectivity index (χ0v) is 36.2. The molecule has 2 aliphatic heterocycles. The van der Waals surface area contributed by atoms with Crippen LogP contribution in [-0.2, 0) is 5.41 Å². The molecule has 11 aromatic rings. The van der Waals surface area contributed by atoms with Crippen LogP contribution in [0.15, 0.2) is 221 Å². The van der Waals surface area contributed by atoms with Crippen molar-refractivity contribution in [1.29, 1.82) is 0 Å². The highest BCUT2D eigenvalue weighted by Crippen LogP contribution is 2.66. The van der Waals surface area contributed by atoms with Crippen LogP contribution >= 0.6 is 34.4 Å². The minimum Gasteiger partial charge on any atom is -0.310 e. The lowest BCUT2D eigenvalue weighted by atomic mass is 9.65. The highest BCUT2D eigenvalue weighted by Gasteiger charge is 2.53. The van der Waals surface area contributed by atoms with Crippen LogP contribution in [-0.4, -0.2) is 4.57 Å². The van der Waals surface area contributed by atoms with Gasteiger partial charge in [-0.05, 0) is 135 Å². The van der Waals surface area contributed by atoms with Crippen LogP contribution in [0.2, 0.25) is 0 Å². The summed E-state index contributed by atoms with van der Waals surface area (Å²) in [4.78, 5) is 10.3. The highest BCUT2D eigenvalue weighted by atomic mass is 32.2. The molecule has 0 atom stereocenters. The summed E-state index contributed by atoms with van der Waals surface area (Å²) < 4.78 is 2.46. The largest absolute Gasteiger partial charge is 0.310 e. The third kappa shape index (κ3) is 4.86. The molecule has 0 unspecified atom stereocenters. The van der Waals surface area contributed by atoms with Gasteiger partial charge in [-0.2, -0.15) is 0 Å². The molecule has 0 fully saturated rings. The standard InChI is InChI=1S/C57H35N3S3/c1-3-16-37(17-4-1)58-47-24-9-7-21-41(47)42-34-46-52(35-51(42)58)60(48-25-10-8-23-43(48)57(46)44-29-31-61-55(44)56-45(57)30-32-62-56)39-20-13-15-36(33-39)40-22-14-27-50-54(40)63-53-28-12-11-26-49(53)59(50)38-18-5-2-6-19-38/h1-35H. The number of thiophene rings is 2. The van der Waals surface area contributed by atoms with Crippen LogP contribution in [0.5, 0.6) is 0 Å². The fourth-order valence-corrected chi connectivity index (χ4v) is 14.1. The zero-order chi connectivity index (χ0) is 41.2. The molecule has 1 spiro atoms. The normalized spacial score (nSPS) is 14.0. The molecule has 3 nitrogen and oxygen atoms in total. The molecule has 63 heavy (non-hydrogen) atoms. The molecule has 0 saturated carbocycles. The second kappa shape index (κ2) is 13.5. The Bertz CT molecular complexity index is 3600. The van der Waals surface area contributed by atoms with Crippen molar-refractivity contribution in [1.82, 2.24) is 4.57 Å². The second-order valence-electron chi connectivity index (χ2n) is 16.4. The molecule has 8 aromatic carbocycles. The minimum absolute atomic E-state index is 0.474. The summed E-state index contributed by atoms with van der Waals surface area (Å²) in [7, 11) is 0. The van der Waals surface area contributed by atoms with Gasteiger partial charge in [0.15, 0.2) is 0 Å². The van der Waals surface area contributed by atoms with Crippen molar-refractivity contribution < 1.29 is 0 Å². The lowest BCUT2D eigenvalue weighted by molar-refractivity contribution is 0.757. The highest BCUT2D eigenvalue weighted by molar-refractivity contribution is 8.00. The average molecular weight is 858 g/mol. The monoisotopic (exact) mass is 857 g/mol. The molecule has 6 heteroatoms. The van der Waals surface area contributed by atoms with Gasteiger partial charge in [-0.15, -0.1) is 22.7 Å². The van der Waals surface area contributed by atoms with Gasteiger partial charge in [0.05, 0.1) is 39.2 Å². The fraction of sp³-hybridized carbons (Fsp3) is 0.0175. The zero-order valence-electron chi connectivity index (χ0n) is 33.8. The summed E-state index contributed by atoms with van der Waals surface area (Å²) in [6.07, 6.45) is 0. The summed E-state index contributed by atoms with van der Waals surface area (Å²) in [5.74, 6) is 0. The Hall–Kier alpha value is -7.09. The minimum atomic E-state index is -0.474. The number of hydrogen-bond acceptors (Lipinski definition) is 5. The smallest absolute Gasteiger partial charge is 0.0771 e. The number of aromatic nitrogens is 1. The van der Waals surface area contributed by atoms with Gasteiger partial charge in [-0.1, -0.05) is 121 Å². The molecule has 3 aliphatic rings. The molecule has 0 saturated heterocycles. The van der Waals surface area contributed by atoms with E-state index >= 15 is 0 Å². The predicted octanol–water partition coefficient (Wildman–Crippen LogP) is 16.7. The number of para-hydroxylation sites is 5. The van der Waals surface area contributed by atoms with Crippen molar-refractivity contribution in [3.05, 3.63) is 233 Å². The molecule has 0 N–H and O–H groups in total. The number of benzene rings is 8. The van der Waals surface area contributed by atoms with Crippen LogP contribution in [0.4, 0.5) is 34.1 Å². The number of nitrogens with zero attached hydrogens (tertiary/aromatic N) is 3. The van der Waals surface area contributed by atoms with Crippen molar-refractivity contribution in [2.45, 2.75) is 15.2 Å². The first-order chi connectivity index (χ1) is 31.3. The number of fused-ring (bicyclic) bond motifs is 14. The van der Waals surface area contributed by atoms with E-state index in [0.29, 0.717) is 0 Å². The predicted molar refractivity (Wildman–Crippen MR) is 266 cm³/mol. The molecule has 0 amide bonds. The van der Waals surface area contributed by atoms with Gasteiger partial charge in [0.1, 0.15) is 0 Å². The number of hydrogen-bond donors (Lipinski definition) is 0. The summed E-state index contributed by atoms with van der Waals surface area (Å²) >= 11 is 5.62. The maximum absolute atomic E-state index is 2.55. The van der Waals surface area contributed by atoms with Crippen LogP contribution in [0.3, 0.4) is 0 Å². The molecule has 3 aromatic heterocycles. The van der Waals surface area contributed by atoms with Gasteiger partial charge in [-0.25, -0.2) is 0 Å². The quantitative estimate of drug-likeness (QED) is 0.175. The number of rotatable bonds is 4. The summed E-state index contributed by atoms with van der Waals surface area (Å²) in [6, 6.07) is 74.3. The van der Waals surface area contributed by atoms with E-state index < -0.39 is 5.41 Å². The summed E-state index contributed by atoms with van der Waals surface area (Å²) in [6.45, 7) is 0. The average Bonchev–Trinajstić information content (AvgIpc) is 4.14. The second-order valence-corrected chi connectivity index (χ2v) is 19.3. The Morgan fingerprint density at radius 3 is 1.83 bits per heavy atom. The molecule has 0 bridgehead atoms. The van der Waals surface area contributed by atoms with E-state index in [2.05, 4.69) is 225 Å². The summed E-state index contributed by atoms with van der Waals surface area (Å²) in [5, 5.41) is 7.11. The Morgan fingerprint density at radius 1 is 0.381 bits per heavy atom.